The molecule has 0 radical (unpaired) electrons. The van der Waals surface area contributed by atoms with Gasteiger partial charge in [0.05, 0.1) is 0 Å². The lowest BCUT2D eigenvalue weighted by atomic mass is 10.00. The fourth-order valence-electron chi connectivity index (χ4n) is 2.21. The molecule has 1 saturated heterocycles. The molecule has 14 heavy (non-hydrogen) atoms. The van der Waals surface area contributed by atoms with Crippen molar-refractivity contribution in [2.75, 3.05) is 0 Å². The molecule has 1 N–H and O–H groups in total. The van der Waals surface area contributed by atoms with Gasteiger partial charge in [-0.15, -0.1) is 0 Å². The van der Waals surface area contributed by atoms with E-state index in [4.69, 9.17) is 0 Å². The van der Waals surface area contributed by atoms with Crippen LogP contribution in [0, 0.1) is 5.92 Å². The Morgan fingerprint density at radius 1 is 1.14 bits per heavy atom. The zero-order valence-electron chi connectivity index (χ0n) is 9.12. The maximum absolute atomic E-state index is 11.6. The van der Waals surface area contributed by atoms with Gasteiger partial charge in [-0.25, -0.2) is 5.01 Å². The molecule has 0 aromatic rings. The van der Waals surface area contributed by atoms with E-state index < -0.39 is 0 Å². The van der Waals surface area contributed by atoms with Crippen molar-refractivity contribution in [3.05, 3.63) is 0 Å². The molecule has 1 amide bonds. The highest BCUT2D eigenvalue weighted by molar-refractivity contribution is 5.80. The van der Waals surface area contributed by atoms with Crippen molar-refractivity contribution in [3.63, 3.8) is 0 Å². The molecule has 3 heteroatoms. The first kappa shape index (κ1) is 9.97. The number of carbonyl (C=O) groups excluding carboxylic acids is 1. The molecule has 0 aromatic heterocycles. The van der Waals surface area contributed by atoms with Gasteiger partial charge in [-0.1, -0.05) is 6.42 Å². The Morgan fingerprint density at radius 2 is 1.71 bits per heavy atom. The second-order valence-corrected chi connectivity index (χ2v) is 4.79. The smallest absolute Gasteiger partial charge is 0.237 e. The third kappa shape index (κ3) is 2.08. The number of hydrazine groups is 1. The van der Waals surface area contributed by atoms with Gasteiger partial charge in [-0.05, 0) is 39.5 Å². The first-order valence-corrected chi connectivity index (χ1v) is 5.77. The normalized spacial score (nSPS) is 34.1. The summed E-state index contributed by atoms with van der Waals surface area (Å²) in [4.78, 5) is 11.6. The monoisotopic (exact) mass is 196 g/mol. The molecule has 80 valence electrons. The highest BCUT2D eigenvalue weighted by atomic mass is 16.2. The van der Waals surface area contributed by atoms with Gasteiger partial charge in [0.2, 0.25) is 5.91 Å². The molecule has 1 saturated carbocycles. The second-order valence-electron chi connectivity index (χ2n) is 4.79. The summed E-state index contributed by atoms with van der Waals surface area (Å²) in [5.41, 5.74) is 3.07. The summed E-state index contributed by atoms with van der Waals surface area (Å²) in [5, 5.41) is 2.16. The van der Waals surface area contributed by atoms with Crippen molar-refractivity contribution in [2.24, 2.45) is 5.92 Å². The number of amides is 1. The van der Waals surface area contributed by atoms with Gasteiger partial charge >= 0.3 is 0 Å². The summed E-state index contributed by atoms with van der Waals surface area (Å²) >= 11 is 0. The standard InChI is InChI=1S/C11H20N2O/c1-8-4-3-5-9(2)13(8)12-11(14)10-6-7-10/h8-10H,3-7H2,1-2H3,(H,12,14). The van der Waals surface area contributed by atoms with Gasteiger partial charge in [0.15, 0.2) is 0 Å². The van der Waals surface area contributed by atoms with E-state index in [1.54, 1.807) is 0 Å². The molecule has 1 aliphatic heterocycles. The van der Waals surface area contributed by atoms with Gasteiger partial charge in [-0.3, -0.25) is 10.2 Å². The topological polar surface area (TPSA) is 32.3 Å². The van der Waals surface area contributed by atoms with Crippen LogP contribution in [0.2, 0.25) is 0 Å². The van der Waals surface area contributed by atoms with Crippen LogP contribution >= 0.6 is 0 Å². The molecule has 3 nitrogen and oxygen atoms in total. The molecular formula is C11H20N2O. The van der Waals surface area contributed by atoms with Crippen molar-refractivity contribution in [1.29, 1.82) is 0 Å². The highest BCUT2D eigenvalue weighted by Gasteiger charge is 2.33. The predicted molar refractivity (Wildman–Crippen MR) is 55.5 cm³/mol. The van der Waals surface area contributed by atoms with E-state index >= 15 is 0 Å². The summed E-state index contributed by atoms with van der Waals surface area (Å²) in [5.74, 6) is 0.557. The van der Waals surface area contributed by atoms with E-state index in [0.29, 0.717) is 18.0 Å². The number of nitrogens with zero attached hydrogens (tertiary/aromatic N) is 1. The largest absolute Gasteiger partial charge is 0.288 e. The third-order valence-corrected chi connectivity index (χ3v) is 3.38. The van der Waals surface area contributed by atoms with Crippen LogP contribution in [0.15, 0.2) is 0 Å². The lowest BCUT2D eigenvalue weighted by molar-refractivity contribution is -0.130. The summed E-state index contributed by atoms with van der Waals surface area (Å²) in [6.07, 6.45) is 5.87. The zero-order chi connectivity index (χ0) is 10.1. The molecule has 0 aromatic carbocycles. The van der Waals surface area contributed by atoms with Crippen LogP contribution in [0.4, 0.5) is 0 Å². The zero-order valence-corrected chi connectivity index (χ0v) is 9.12. The van der Waals surface area contributed by atoms with Gasteiger partial charge < -0.3 is 0 Å². The first-order chi connectivity index (χ1) is 6.68. The van der Waals surface area contributed by atoms with Gasteiger partial charge in [0.1, 0.15) is 0 Å². The molecule has 1 aliphatic carbocycles. The van der Waals surface area contributed by atoms with Crippen molar-refractivity contribution < 1.29 is 4.79 Å². The minimum absolute atomic E-state index is 0.241. The molecule has 2 unspecified atom stereocenters. The minimum atomic E-state index is 0.241. The number of nitrogens with one attached hydrogen (secondary N) is 1. The van der Waals surface area contributed by atoms with Gasteiger partial charge in [-0.2, -0.15) is 0 Å². The van der Waals surface area contributed by atoms with Gasteiger partial charge in [0.25, 0.3) is 0 Å². The van der Waals surface area contributed by atoms with E-state index in [0.717, 1.165) is 12.8 Å². The van der Waals surface area contributed by atoms with Crippen LogP contribution in [0.1, 0.15) is 46.0 Å². The van der Waals surface area contributed by atoms with E-state index in [2.05, 4.69) is 24.3 Å². The Labute approximate surface area is 85.8 Å². The van der Waals surface area contributed by atoms with Crippen molar-refractivity contribution in [1.82, 2.24) is 10.4 Å². The van der Waals surface area contributed by atoms with E-state index in [1.807, 2.05) is 0 Å². The third-order valence-electron chi connectivity index (χ3n) is 3.38. The van der Waals surface area contributed by atoms with Crippen LogP contribution in [0.25, 0.3) is 0 Å². The Hall–Kier alpha value is -0.570. The number of hydrogen-bond donors (Lipinski definition) is 1. The Kier molecular flexibility index (Phi) is 2.77. The molecule has 2 rings (SSSR count). The Bertz CT molecular complexity index is 215. The van der Waals surface area contributed by atoms with Crippen molar-refractivity contribution >= 4 is 5.91 Å². The first-order valence-electron chi connectivity index (χ1n) is 5.77. The lowest BCUT2D eigenvalue weighted by Crippen LogP contribution is -2.54. The number of piperidine rings is 1. The number of carbonyl (C=O) groups is 1. The summed E-state index contributed by atoms with van der Waals surface area (Å²) < 4.78 is 0. The summed E-state index contributed by atoms with van der Waals surface area (Å²) in [7, 11) is 0. The fraction of sp³-hybridized carbons (Fsp3) is 0.909. The quantitative estimate of drug-likeness (QED) is 0.729. The Morgan fingerprint density at radius 3 is 2.21 bits per heavy atom. The highest BCUT2D eigenvalue weighted by Crippen LogP contribution is 2.29. The van der Waals surface area contributed by atoms with Crippen LogP contribution in [0.5, 0.6) is 0 Å². The number of rotatable bonds is 2. The minimum Gasteiger partial charge on any atom is -0.288 e. The molecule has 2 atom stereocenters. The fourth-order valence-corrected chi connectivity index (χ4v) is 2.21. The van der Waals surface area contributed by atoms with Crippen LogP contribution in [0.3, 0.4) is 0 Å². The average Bonchev–Trinajstić information content (AvgIpc) is 2.94. The van der Waals surface area contributed by atoms with E-state index in [1.165, 1.54) is 19.3 Å². The molecule has 0 spiro atoms. The predicted octanol–water partition coefficient (Wildman–Crippen LogP) is 1.69. The van der Waals surface area contributed by atoms with Crippen LogP contribution in [-0.2, 0) is 4.79 Å². The van der Waals surface area contributed by atoms with Crippen molar-refractivity contribution in [3.8, 4) is 0 Å². The summed E-state index contributed by atoms with van der Waals surface area (Å²) in [6.45, 7) is 4.39. The second kappa shape index (κ2) is 3.89. The maximum atomic E-state index is 11.6. The molecule has 2 aliphatic rings. The maximum Gasteiger partial charge on any atom is 0.237 e. The molecule has 2 fully saturated rings. The Balaban J connectivity index is 1.89. The molecule has 1 heterocycles. The van der Waals surface area contributed by atoms with Crippen molar-refractivity contribution in [2.45, 2.75) is 58.0 Å². The average molecular weight is 196 g/mol. The summed E-state index contributed by atoms with van der Waals surface area (Å²) in [6, 6.07) is 1.00. The van der Waals surface area contributed by atoms with Gasteiger partial charge in [0, 0.05) is 18.0 Å². The van der Waals surface area contributed by atoms with E-state index in [9.17, 15) is 4.79 Å². The van der Waals surface area contributed by atoms with Crippen LogP contribution in [-0.4, -0.2) is 23.0 Å². The van der Waals surface area contributed by atoms with E-state index in [-0.39, 0.29) is 5.91 Å². The molecular weight excluding hydrogens is 176 g/mol. The number of hydrogen-bond acceptors (Lipinski definition) is 2. The SMILES string of the molecule is CC1CCCC(C)N1NC(=O)C1CC1. The molecule has 0 bridgehead atoms. The lowest BCUT2D eigenvalue weighted by Gasteiger charge is -2.38. The van der Waals surface area contributed by atoms with Crippen LogP contribution < -0.4 is 5.43 Å².